The molecule has 1 saturated heterocycles. The Morgan fingerprint density at radius 3 is 2.47 bits per heavy atom. The lowest BCUT2D eigenvalue weighted by atomic mass is 9.92. The van der Waals surface area contributed by atoms with Crippen LogP contribution in [0.15, 0.2) is 54.9 Å². The minimum atomic E-state index is 0.0813. The number of fused-ring (bicyclic) bond motifs is 1. The summed E-state index contributed by atoms with van der Waals surface area (Å²) in [5.74, 6) is 1.28. The summed E-state index contributed by atoms with van der Waals surface area (Å²) in [5, 5.41) is 14.7. The summed E-state index contributed by atoms with van der Waals surface area (Å²) in [6, 6.07) is 13.8. The number of aromatic nitrogens is 2. The van der Waals surface area contributed by atoms with Crippen LogP contribution in [0.5, 0.6) is 5.75 Å². The zero-order valence-corrected chi connectivity index (χ0v) is 20.8. The van der Waals surface area contributed by atoms with Gasteiger partial charge in [-0.3, -0.25) is 9.78 Å². The van der Waals surface area contributed by atoms with Gasteiger partial charge in [-0.05, 0) is 72.9 Å². The van der Waals surface area contributed by atoms with E-state index < -0.39 is 0 Å². The number of rotatable bonds is 5. The summed E-state index contributed by atoms with van der Waals surface area (Å²) >= 11 is 6.28. The van der Waals surface area contributed by atoms with Gasteiger partial charge in [0.1, 0.15) is 11.6 Å². The normalized spacial score (nSPS) is 15.9. The summed E-state index contributed by atoms with van der Waals surface area (Å²) in [7, 11) is 0. The second kappa shape index (κ2) is 9.19. The predicted octanol–water partition coefficient (Wildman–Crippen LogP) is 5.63. The predicted molar refractivity (Wildman–Crippen MR) is 144 cm³/mol. The zero-order valence-electron chi connectivity index (χ0n) is 20.1. The number of phenolic OH excluding ortho intramolecular Hbond substituents is 1. The average Bonchev–Trinajstić information content (AvgIpc) is 3.76. The molecule has 1 saturated carbocycles. The number of phenols is 1. The fourth-order valence-corrected chi connectivity index (χ4v) is 5.22. The number of hydrogen-bond donors (Lipinski definition) is 2. The smallest absolute Gasteiger partial charge is 0.168 e. The summed E-state index contributed by atoms with van der Waals surface area (Å²) in [6.07, 6.45) is 5.47. The Hall–Kier alpha value is -3.48. The number of piperazine rings is 1. The first-order chi connectivity index (χ1) is 17.5. The maximum absolute atomic E-state index is 13.3. The molecule has 2 N–H and O–H groups in total. The number of nitrogens with one attached hydrogen (secondary N) is 1. The van der Waals surface area contributed by atoms with Crippen LogP contribution in [0, 0.1) is 12.8 Å². The van der Waals surface area contributed by atoms with Crippen molar-refractivity contribution in [1.29, 1.82) is 0 Å². The highest BCUT2D eigenvalue weighted by atomic mass is 35.5. The third kappa shape index (κ3) is 4.21. The average molecular weight is 499 g/mol. The molecule has 6 nitrogen and oxygen atoms in total. The SMILES string of the molecule is Cc1cc(-c2ccc3ncc(C(=O)C4CC4)c(-c4ccc(N5CCNCC5)nc4)c3c2)cc(Cl)c1O. The lowest BCUT2D eigenvalue weighted by molar-refractivity contribution is 0.0968. The molecule has 36 heavy (non-hydrogen) atoms. The molecule has 1 aliphatic carbocycles. The number of halogens is 1. The van der Waals surface area contributed by atoms with Gasteiger partial charge in [0.2, 0.25) is 0 Å². The Bertz CT molecular complexity index is 1450. The molecule has 2 aromatic carbocycles. The van der Waals surface area contributed by atoms with Crippen molar-refractivity contribution in [2.24, 2.45) is 5.92 Å². The largest absolute Gasteiger partial charge is 0.506 e. The van der Waals surface area contributed by atoms with E-state index in [2.05, 4.69) is 27.3 Å². The van der Waals surface area contributed by atoms with Crippen LogP contribution in [0.3, 0.4) is 0 Å². The van der Waals surface area contributed by atoms with Gasteiger partial charge in [-0.25, -0.2) is 4.98 Å². The van der Waals surface area contributed by atoms with E-state index in [4.69, 9.17) is 16.6 Å². The third-order valence-electron chi connectivity index (χ3n) is 7.15. The van der Waals surface area contributed by atoms with Crippen LogP contribution < -0.4 is 10.2 Å². The van der Waals surface area contributed by atoms with Crippen molar-refractivity contribution in [2.45, 2.75) is 19.8 Å². The van der Waals surface area contributed by atoms with E-state index in [1.165, 1.54) is 0 Å². The number of pyridine rings is 2. The maximum atomic E-state index is 13.3. The highest BCUT2D eigenvalue weighted by molar-refractivity contribution is 6.32. The quantitative estimate of drug-likeness (QED) is 0.347. The number of carbonyl (C=O) groups is 1. The van der Waals surface area contributed by atoms with Crippen molar-refractivity contribution in [3.63, 3.8) is 0 Å². The lowest BCUT2D eigenvalue weighted by Gasteiger charge is -2.28. The third-order valence-corrected chi connectivity index (χ3v) is 7.43. The molecular weight excluding hydrogens is 472 g/mol. The lowest BCUT2D eigenvalue weighted by Crippen LogP contribution is -2.43. The fraction of sp³-hybridized carbons (Fsp3) is 0.276. The highest BCUT2D eigenvalue weighted by Crippen LogP contribution is 2.40. The van der Waals surface area contributed by atoms with E-state index in [9.17, 15) is 9.90 Å². The first-order valence-corrected chi connectivity index (χ1v) is 12.8. The Balaban J connectivity index is 1.50. The molecule has 2 aromatic heterocycles. The molecule has 0 radical (unpaired) electrons. The van der Waals surface area contributed by atoms with E-state index in [0.717, 1.165) is 78.0 Å². The maximum Gasteiger partial charge on any atom is 0.168 e. The van der Waals surface area contributed by atoms with E-state index in [1.54, 1.807) is 12.3 Å². The molecule has 0 unspecified atom stereocenters. The van der Waals surface area contributed by atoms with Gasteiger partial charge in [-0.1, -0.05) is 17.7 Å². The van der Waals surface area contributed by atoms with Gasteiger partial charge in [0.25, 0.3) is 0 Å². The van der Waals surface area contributed by atoms with Gasteiger partial charge in [0.15, 0.2) is 5.78 Å². The van der Waals surface area contributed by atoms with E-state index in [1.807, 2.05) is 37.4 Å². The molecule has 3 heterocycles. The van der Waals surface area contributed by atoms with Gasteiger partial charge in [0.05, 0.1) is 10.5 Å². The number of aromatic hydroxyl groups is 1. The molecule has 2 fully saturated rings. The Morgan fingerprint density at radius 2 is 1.78 bits per heavy atom. The van der Waals surface area contributed by atoms with Crippen molar-refractivity contribution < 1.29 is 9.90 Å². The van der Waals surface area contributed by atoms with Gasteiger partial charge in [-0.2, -0.15) is 0 Å². The van der Waals surface area contributed by atoms with Crippen LogP contribution in [-0.2, 0) is 0 Å². The number of Topliss-reactive ketones (excluding diaryl/α,β-unsaturated/α-hetero) is 1. The summed E-state index contributed by atoms with van der Waals surface area (Å²) in [4.78, 5) is 25.0. The standard InChI is InChI=1S/C29H27ClN4O2/c1-17-12-21(14-24(30)28(17)35)19-4-6-25-22(13-19)27(23(16-32-25)29(36)18-2-3-18)20-5-7-26(33-15-20)34-10-8-31-9-11-34/h4-7,12-16,18,31,35H,2-3,8-11H2,1H3. The van der Waals surface area contributed by atoms with Crippen LogP contribution in [0.2, 0.25) is 5.02 Å². The van der Waals surface area contributed by atoms with Crippen LogP contribution in [0.25, 0.3) is 33.2 Å². The fourth-order valence-electron chi connectivity index (χ4n) is 4.95. The zero-order chi connectivity index (χ0) is 24.8. The van der Waals surface area contributed by atoms with E-state index in [0.29, 0.717) is 16.1 Å². The molecule has 0 bridgehead atoms. The van der Waals surface area contributed by atoms with Crippen LogP contribution in [0.1, 0.15) is 28.8 Å². The molecule has 1 aliphatic heterocycles. The molecule has 0 atom stereocenters. The van der Waals surface area contributed by atoms with Gasteiger partial charge < -0.3 is 15.3 Å². The van der Waals surface area contributed by atoms with Gasteiger partial charge in [0, 0.05) is 66.6 Å². The number of aryl methyl sites for hydroxylation is 1. The number of ketones is 1. The van der Waals surface area contributed by atoms with Crippen LogP contribution in [-0.4, -0.2) is 47.0 Å². The number of hydrogen-bond acceptors (Lipinski definition) is 6. The van der Waals surface area contributed by atoms with E-state index >= 15 is 0 Å². The van der Waals surface area contributed by atoms with Crippen LogP contribution >= 0.6 is 11.6 Å². The number of carbonyl (C=O) groups excluding carboxylic acids is 1. The molecule has 4 aromatic rings. The minimum Gasteiger partial charge on any atom is -0.506 e. The number of nitrogens with zero attached hydrogens (tertiary/aromatic N) is 3. The second-order valence-corrected chi connectivity index (χ2v) is 10.1. The monoisotopic (exact) mass is 498 g/mol. The molecule has 7 heteroatoms. The Kier molecular flexibility index (Phi) is 5.86. The molecule has 0 amide bonds. The number of benzene rings is 2. The van der Waals surface area contributed by atoms with Gasteiger partial charge >= 0.3 is 0 Å². The topological polar surface area (TPSA) is 78.4 Å². The summed E-state index contributed by atoms with van der Waals surface area (Å²) in [6.45, 7) is 5.57. The van der Waals surface area contributed by atoms with Crippen molar-refractivity contribution in [3.8, 4) is 28.0 Å². The summed E-state index contributed by atoms with van der Waals surface area (Å²) in [5.41, 5.74) is 5.79. The Labute approximate surface area is 215 Å². The highest BCUT2D eigenvalue weighted by Gasteiger charge is 2.33. The summed E-state index contributed by atoms with van der Waals surface area (Å²) < 4.78 is 0. The Morgan fingerprint density at radius 1 is 1.00 bits per heavy atom. The van der Waals surface area contributed by atoms with Crippen molar-refractivity contribution in [3.05, 3.63) is 71.0 Å². The van der Waals surface area contributed by atoms with Gasteiger partial charge in [-0.15, -0.1) is 0 Å². The molecule has 182 valence electrons. The molecule has 6 rings (SSSR count). The van der Waals surface area contributed by atoms with Crippen molar-refractivity contribution in [1.82, 2.24) is 15.3 Å². The van der Waals surface area contributed by atoms with E-state index in [-0.39, 0.29) is 17.5 Å². The van der Waals surface area contributed by atoms with Crippen LogP contribution in [0.4, 0.5) is 5.82 Å². The minimum absolute atomic E-state index is 0.0813. The molecule has 2 aliphatic rings. The van der Waals surface area contributed by atoms with Crippen molar-refractivity contribution in [2.75, 3.05) is 31.1 Å². The molecular formula is C29H27ClN4O2. The second-order valence-electron chi connectivity index (χ2n) is 9.68. The first kappa shape index (κ1) is 23.0. The van der Waals surface area contributed by atoms with Crippen molar-refractivity contribution >= 4 is 34.1 Å². The first-order valence-electron chi connectivity index (χ1n) is 12.4. The molecule has 0 spiro atoms. The number of anilines is 1.